The third kappa shape index (κ3) is 3.59. The van der Waals surface area contributed by atoms with Gasteiger partial charge in [0.05, 0.1) is 12.8 Å². The summed E-state index contributed by atoms with van der Waals surface area (Å²) < 4.78 is 5.57. The van der Waals surface area contributed by atoms with E-state index in [1.54, 1.807) is 0 Å². The highest BCUT2D eigenvalue weighted by Crippen LogP contribution is 2.29. The second-order valence-electron chi connectivity index (χ2n) is 6.13. The van der Waals surface area contributed by atoms with Crippen LogP contribution in [0.4, 0.5) is 0 Å². The van der Waals surface area contributed by atoms with Gasteiger partial charge in [0.1, 0.15) is 5.76 Å². The summed E-state index contributed by atoms with van der Waals surface area (Å²) in [4.78, 5) is 2.56. The number of likely N-dealkylation sites (tertiary alicyclic amines) is 1. The molecule has 2 heterocycles. The summed E-state index contributed by atoms with van der Waals surface area (Å²) in [5.74, 6) is 1.10. The van der Waals surface area contributed by atoms with Gasteiger partial charge >= 0.3 is 0 Å². The van der Waals surface area contributed by atoms with E-state index in [4.69, 9.17) is 4.42 Å². The molecule has 1 aromatic rings. The van der Waals surface area contributed by atoms with Crippen molar-refractivity contribution >= 4 is 0 Å². The molecule has 102 valence electrons. The number of hydrogen-bond acceptors (Lipinski definition) is 3. The lowest BCUT2D eigenvalue weighted by atomic mass is 9.84. The topological polar surface area (TPSA) is 28.4 Å². The van der Waals surface area contributed by atoms with Crippen molar-refractivity contribution in [1.29, 1.82) is 0 Å². The molecule has 0 spiro atoms. The van der Waals surface area contributed by atoms with Gasteiger partial charge in [-0.05, 0) is 37.4 Å². The first-order chi connectivity index (χ1) is 8.61. The van der Waals surface area contributed by atoms with E-state index in [1.807, 2.05) is 6.26 Å². The molecule has 1 saturated heterocycles. The zero-order valence-corrected chi connectivity index (χ0v) is 12.0. The van der Waals surface area contributed by atoms with Crippen molar-refractivity contribution in [2.45, 2.75) is 46.7 Å². The average Bonchev–Trinajstić information content (AvgIpc) is 2.72. The van der Waals surface area contributed by atoms with Crippen LogP contribution >= 0.6 is 0 Å². The van der Waals surface area contributed by atoms with Crippen LogP contribution in [0.3, 0.4) is 0 Å². The Hall–Kier alpha value is -0.800. The molecule has 0 bridgehead atoms. The van der Waals surface area contributed by atoms with Gasteiger partial charge in [0.2, 0.25) is 0 Å². The zero-order valence-electron chi connectivity index (χ0n) is 12.0. The van der Waals surface area contributed by atoms with Gasteiger partial charge < -0.3 is 9.73 Å². The Bertz CT molecular complexity index is 370. The molecule has 0 amide bonds. The standard InChI is InChI=1S/C15H26N2O/c1-4-16-10-14-13(6-9-18-14)11-17-8-5-7-15(2,3)12-17/h6,9,16H,4-5,7-8,10-12H2,1-3H3. The minimum atomic E-state index is 0.462. The van der Waals surface area contributed by atoms with Crippen molar-refractivity contribution in [3.8, 4) is 0 Å². The van der Waals surface area contributed by atoms with Crippen LogP contribution < -0.4 is 5.32 Å². The number of hydrogen-bond donors (Lipinski definition) is 1. The highest BCUT2D eigenvalue weighted by Gasteiger charge is 2.26. The van der Waals surface area contributed by atoms with Gasteiger partial charge in [0.25, 0.3) is 0 Å². The summed E-state index contributed by atoms with van der Waals surface area (Å²) in [7, 11) is 0. The third-order valence-electron chi connectivity index (χ3n) is 3.75. The molecule has 2 rings (SSSR count). The smallest absolute Gasteiger partial charge is 0.122 e. The number of furan rings is 1. The van der Waals surface area contributed by atoms with Crippen LogP contribution in [0.15, 0.2) is 16.7 Å². The SMILES string of the molecule is CCNCc1occc1CN1CCCC(C)(C)C1. The van der Waals surface area contributed by atoms with E-state index in [2.05, 4.69) is 37.1 Å². The van der Waals surface area contributed by atoms with E-state index in [9.17, 15) is 0 Å². The minimum absolute atomic E-state index is 0.462. The van der Waals surface area contributed by atoms with Crippen molar-refractivity contribution in [3.63, 3.8) is 0 Å². The van der Waals surface area contributed by atoms with Crippen LogP contribution in [0.5, 0.6) is 0 Å². The van der Waals surface area contributed by atoms with Crippen molar-refractivity contribution in [3.05, 3.63) is 23.7 Å². The van der Waals surface area contributed by atoms with Crippen molar-refractivity contribution in [1.82, 2.24) is 10.2 Å². The highest BCUT2D eigenvalue weighted by atomic mass is 16.3. The van der Waals surface area contributed by atoms with Gasteiger partial charge in [-0.25, -0.2) is 0 Å². The van der Waals surface area contributed by atoms with Gasteiger partial charge in [-0.15, -0.1) is 0 Å². The number of nitrogens with zero attached hydrogens (tertiary/aromatic N) is 1. The van der Waals surface area contributed by atoms with Crippen LogP contribution in [0.1, 0.15) is 44.9 Å². The third-order valence-corrected chi connectivity index (χ3v) is 3.75. The van der Waals surface area contributed by atoms with Gasteiger partial charge in [-0.3, -0.25) is 4.90 Å². The first-order valence-electron chi connectivity index (χ1n) is 7.09. The summed E-state index contributed by atoms with van der Waals surface area (Å²) in [5, 5.41) is 3.33. The molecule has 1 aromatic heterocycles. The fourth-order valence-corrected chi connectivity index (χ4v) is 2.82. The largest absolute Gasteiger partial charge is 0.468 e. The van der Waals surface area contributed by atoms with Gasteiger partial charge in [-0.2, -0.15) is 0 Å². The summed E-state index contributed by atoms with van der Waals surface area (Å²) >= 11 is 0. The molecule has 1 fully saturated rings. The van der Waals surface area contributed by atoms with Crippen molar-refractivity contribution in [2.75, 3.05) is 19.6 Å². The zero-order chi connectivity index (χ0) is 13.0. The normalized spacial score (nSPS) is 20.2. The minimum Gasteiger partial charge on any atom is -0.468 e. The Morgan fingerprint density at radius 1 is 1.44 bits per heavy atom. The van der Waals surface area contributed by atoms with Gasteiger partial charge in [0, 0.05) is 18.7 Å². The molecule has 1 aliphatic rings. The first-order valence-corrected chi connectivity index (χ1v) is 7.09. The molecular formula is C15H26N2O. The molecule has 3 nitrogen and oxygen atoms in total. The van der Waals surface area contributed by atoms with Gasteiger partial charge in [0.15, 0.2) is 0 Å². The number of piperidine rings is 1. The van der Waals surface area contributed by atoms with E-state index >= 15 is 0 Å². The molecule has 1 aliphatic heterocycles. The van der Waals surface area contributed by atoms with E-state index in [0.29, 0.717) is 5.41 Å². The molecule has 0 saturated carbocycles. The summed E-state index contributed by atoms with van der Waals surface area (Å²) in [6.45, 7) is 12.1. The fraction of sp³-hybridized carbons (Fsp3) is 0.733. The van der Waals surface area contributed by atoms with E-state index < -0.39 is 0 Å². The Morgan fingerprint density at radius 2 is 2.28 bits per heavy atom. The van der Waals surface area contributed by atoms with Crippen molar-refractivity contribution < 1.29 is 4.42 Å². The maximum absolute atomic E-state index is 5.57. The second kappa shape index (κ2) is 5.89. The quantitative estimate of drug-likeness (QED) is 0.871. The molecule has 3 heteroatoms. The van der Waals surface area contributed by atoms with E-state index in [0.717, 1.165) is 25.4 Å². The Morgan fingerprint density at radius 3 is 3.00 bits per heavy atom. The number of nitrogens with one attached hydrogen (secondary N) is 1. The monoisotopic (exact) mass is 250 g/mol. The van der Waals surface area contributed by atoms with Crippen LogP contribution in [-0.4, -0.2) is 24.5 Å². The maximum Gasteiger partial charge on any atom is 0.122 e. The molecule has 0 aromatic carbocycles. The number of rotatable bonds is 5. The Kier molecular flexibility index (Phi) is 4.46. The van der Waals surface area contributed by atoms with Crippen LogP contribution in [-0.2, 0) is 13.1 Å². The molecule has 0 atom stereocenters. The van der Waals surface area contributed by atoms with Crippen LogP contribution in [0.25, 0.3) is 0 Å². The molecule has 0 unspecified atom stereocenters. The molecule has 0 radical (unpaired) electrons. The molecule has 18 heavy (non-hydrogen) atoms. The molecule has 1 N–H and O–H groups in total. The molecule has 0 aliphatic carbocycles. The van der Waals surface area contributed by atoms with E-state index in [1.165, 1.54) is 31.5 Å². The fourth-order valence-electron chi connectivity index (χ4n) is 2.82. The lowest BCUT2D eigenvalue weighted by molar-refractivity contribution is 0.111. The second-order valence-corrected chi connectivity index (χ2v) is 6.13. The highest BCUT2D eigenvalue weighted by molar-refractivity contribution is 5.17. The van der Waals surface area contributed by atoms with E-state index in [-0.39, 0.29) is 0 Å². The summed E-state index contributed by atoms with van der Waals surface area (Å²) in [5.41, 5.74) is 1.80. The maximum atomic E-state index is 5.57. The lowest BCUT2D eigenvalue weighted by Gasteiger charge is -2.38. The summed E-state index contributed by atoms with van der Waals surface area (Å²) in [6, 6.07) is 2.12. The van der Waals surface area contributed by atoms with Crippen LogP contribution in [0, 0.1) is 5.41 Å². The lowest BCUT2D eigenvalue weighted by Crippen LogP contribution is -2.39. The summed E-state index contributed by atoms with van der Waals surface area (Å²) in [6.07, 6.45) is 4.48. The van der Waals surface area contributed by atoms with Crippen LogP contribution in [0.2, 0.25) is 0 Å². The average molecular weight is 250 g/mol. The van der Waals surface area contributed by atoms with Crippen molar-refractivity contribution in [2.24, 2.45) is 5.41 Å². The predicted molar refractivity (Wildman–Crippen MR) is 74.4 cm³/mol. The predicted octanol–water partition coefficient (Wildman–Crippen LogP) is 3.01. The molecular weight excluding hydrogens is 224 g/mol. The Balaban J connectivity index is 1.94. The van der Waals surface area contributed by atoms with Gasteiger partial charge in [-0.1, -0.05) is 20.8 Å². The first kappa shape index (κ1) is 13.6. The Labute approximate surface area is 111 Å².